The van der Waals surface area contributed by atoms with E-state index in [0.29, 0.717) is 17.1 Å². The van der Waals surface area contributed by atoms with E-state index in [1.807, 2.05) is 6.07 Å². The van der Waals surface area contributed by atoms with Crippen LogP contribution in [0.5, 0.6) is 0 Å². The zero-order valence-electron chi connectivity index (χ0n) is 10.8. The summed E-state index contributed by atoms with van der Waals surface area (Å²) in [7, 11) is 0. The van der Waals surface area contributed by atoms with Gasteiger partial charge in [0.25, 0.3) is 0 Å². The van der Waals surface area contributed by atoms with Crippen molar-refractivity contribution in [3.63, 3.8) is 0 Å². The van der Waals surface area contributed by atoms with Gasteiger partial charge in [0, 0.05) is 0 Å². The minimum Gasteiger partial charge on any atom is -0.465 e. The smallest absolute Gasteiger partial charge is 0.149 e. The SMILES string of the molecule is CC(C)(C)C1CCC(O)(c2occc2Br)CC1. The number of hydrogen-bond acceptors (Lipinski definition) is 2. The van der Waals surface area contributed by atoms with E-state index in [2.05, 4.69) is 36.7 Å². The van der Waals surface area contributed by atoms with Gasteiger partial charge in [-0.2, -0.15) is 0 Å². The first kappa shape index (κ1) is 13.2. The fourth-order valence-electron chi connectivity index (χ4n) is 2.81. The van der Waals surface area contributed by atoms with E-state index in [1.165, 1.54) is 0 Å². The Morgan fingerprint density at radius 2 is 1.94 bits per heavy atom. The number of rotatable bonds is 1. The van der Waals surface area contributed by atoms with Crippen molar-refractivity contribution in [3.8, 4) is 0 Å². The fraction of sp³-hybridized carbons (Fsp3) is 0.714. The molecule has 96 valence electrons. The fourth-order valence-corrected chi connectivity index (χ4v) is 3.38. The second-order valence-corrected chi connectivity index (χ2v) is 7.12. The van der Waals surface area contributed by atoms with Crippen LogP contribution >= 0.6 is 15.9 Å². The predicted octanol–water partition coefficient (Wildman–Crippen LogP) is 4.47. The van der Waals surface area contributed by atoms with Crippen LogP contribution in [0.2, 0.25) is 0 Å². The molecule has 1 aliphatic carbocycles. The highest BCUT2D eigenvalue weighted by atomic mass is 79.9. The number of aliphatic hydroxyl groups is 1. The average molecular weight is 301 g/mol. The van der Waals surface area contributed by atoms with Crippen LogP contribution in [0.15, 0.2) is 21.2 Å². The van der Waals surface area contributed by atoms with E-state index in [4.69, 9.17) is 4.42 Å². The molecule has 0 aliphatic heterocycles. The molecule has 1 N–H and O–H groups in total. The van der Waals surface area contributed by atoms with Crippen LogP contribution in [0.3, 0.4) is 0 Å². The van der Waals surface area contributed by atoms with E-state index in [-0.39, 0.29) is 0 Å². The third-order valence-corrected chi connectivity index (χ3v) is 4.70. The molecular weight excluding hydrogens is 280 g/mol. The molecule has 1 aromatic rings. The van der Waals surface area contributed by atoms with Gasteiger partial charge in [-0.25, -0.2) is 0 Å². The molecule has 0 atom stereocenters. The van der Waals surface area contributed by atoms with Crippen molar-refractivity contribution in [3.05, 3.63) is 22.6 Å². The lowest BCUT2D eigenvalue weighted by Gasteiger charge is -2.40. The molecule has 1 aliphatic rings. The summed E-state index contributed by atoms with van der Waals surface area (Å²) in [6.07, 6.45) is 5.34. The Labute approximate surface area is 112 Å². The van der Waals surface area contributed by atoms with Crippen molar-refractivity contribution in [2.45, 2.75) is 52.1 Å². The van der Waals surface area contributed by atoms with Crippen LogP contribution < -0.4 is 0 Å². The van der Waals surface area contributed by atoms with Crippen molar-refractivity contribution < 1.29 is 9.52 Å². The second kappa shape index (κ2) is 4.43. The largest absolute Gasteiger partial charge is 0.465 e. The number of hydrogen-bond donors (Lipinski definition) is 1. The topological polar surface area (TPSA) is 33.4 Å². The summed E-state index contributed by atoms with van der Waals surface area (Å²) in [6, 6.07) is 1.85. The Balaban J connectivity index is 2.11. The van der Waals surface area contributed by atoms with Crippen molar-refractivity contribution in [1.82, 2.24) is 0 Å². The van der Waals surface area contributed by atoms with Crippen molar-refractivity contribution in [2.24, 2.45) is 11.3 Å². The molecule has 0 spiro atoms. The Kier molecular flexibility index (Phi) is 3.43. The molecule has 2 nitrogen and oxygen atoms in total. The molecular formula is C14H21BrO2. The quantitative estimate of drug-likeness (QED) is 0.830. The molecule has 2 rings (SSSR count). The van der Waals surface area contributed by atoms with Crippen molar-refractivity contribution in [2.75, 3.05) is 0 Å². The molecule has 0 bridgehead atoms. The Hall–Kier alpha value is -0.280. The molecule has 1 fully saturated rings. The molecule has 17 heavy (non-hydrogen) atoms. The summed E-state index contributed by atoms with van der Waals surface area (Å²) in [6.45, 7) is 6.85. The van der Waals surface area contributed by atoms with E-state index < -0.39 is 5.60 Å². The van der Waals surface area contributed by atoms with Gasteiger partial charge < -0.3 is 9.52 Å². The molecule has 0 amide bonds. The minimum atomic E-state index is -0.774. The van der Waals surface area contributed by atoms with E-state index in [1.54, 1.807) is 6.26 Å². The molecule has 0 aromatic carbocycles. The van der Waals surface area contributed by atoms with E-state index in [9.17, 15) is 5.11 Å². The van der Waals surface area contributed by atoms with Gasteiger partial charge in [0.2, 0.25) is 0 Å². The van der Waals surface area contributed by atoms with Gasteiger partial charge in [-0.05, 0) is 59.0 Å². The van der Waals surface area contributed by atoms with Gasteiger partial charge in [0.15, 0.2) is 0 Å². The minimum absolute atomic E-state index is 0.335. The zero-order valence-corrected chi connectivity index (χ0v) is 12.4. The third-order valence-electron chi connectivity index (χ3n) is 4.08. The molecule has 1 aromatic heterocycles. The molecule has 1 heterocycles. The number of halogens is 1. The van der Waals surface area contributed by atoms with Crippen molar-refractivity contribution in [1.29, 1.82) is 0 Å². The van der Waals surface area contributed by atoms with Crippen molar-refractivity contribution >= 4 is 15.9 Å². The van der Waals surface area contributed by atoms with Crippen LogP contribution in [-0.2, 0) is 5.60 Å². The Bertz CT molecular complexity index is 381. The highest BCUT2D eigenvalue weighted by Gasteiger charge is 2.41. The first-order valence-electron chi connectivity index (χ1n) is 6.29. The van der Waals surface area contributed by atoms with Gasteiger partial charge in [0.1, 0.15) is 11.4 Å². The summed E-state index contributed by atoms with van der Waals surface area (Å²) in [5.41, 5.74) is -0.439. The summed E-state index contributed by atoms with van der Waals surface area (Å²) in [5.74, 6) is 1.39. The average Bonchev–Trinajstić information content (AvgIpc) is 2.64. The normalized spacial score (nSPS) is 30.5. The summed E-state index contributed by atoms with van der Waals surface area (Å²) >= 11 is 3.44. The highest BCUT2D eigenvalue weighted by Crippen LogP contribution is 2.46. The van der Waals surface area contributed by atoms with Crippen LogP contribution in [0, 0.1) is 11.3 Å². The van der Waals surface area contributed by atoms with E-state index in [0.717, 1.165) is 30.2 Å². The lowest BCUT2D eigenvalue weighted by Crippen LogP contribution is -2.35. The Morgan fingerprint density at radius 3 is 2.35 bits per heavy atom. The van der Waals surface area contributed by atoms with Crippen LogP contribution in [-0.4, -0.2) is 5.11 Å². The van der Waals surface area contributed by atoms with Gasteiger partial charge in [-0.3, -0.25) is 0 Å². The van der Waals surface area contributed by atoms with Crippen LogP contribution in [0.1, 0.15) is 52.2 Å². The first-order chi connectivity index (χ1) is 7.83. The summed E-state index contributed by atoms with van der Waals surface area (Å²) < 4.78 is 6.31. The third kappa shape index (κ3) is 2.60. The monoisotopic (exact) mass is 300 g/mol. The number of furan rings is 1. The second-order valence-electron chi connectivity index (χ2n) is 6.27. The summed E-state index contributed by atoms with van der Waals surface area (Å²) in [4.78, 5) is 0. The van der Waals surface area contributed by atoms with Gasteiger partial charge in [0.05, 0.1) is 10.7 Å². The molecule has 0 radical (unpaired) electrons. The zero-order chi connectivity index (χ0) is 12.7. The lowest BCUT2D eigenvalue weighted by atomic mass is 9.68. The maximum atomic E-state index is 10.7. The van der Waals surface area contributed by atoms with Gasteiger partial charge >= 0.3 is 0 Å². The summed E-state index contributed by atoms with van der Waals surface area (Å²) in [5, 5.41) is 10.7. The maximum Gasteiger partial charge on any atom is 0.149 e. The standard InChI is InChI=1S/C14H21BrO2/c1-13(2,3)10-4-7-14(16,8-5-10)12-11(15)6-9-17-12/h6,9-10,16H,4-5,7-8H2,1-3H3. The van der Waals surface area contributed by atoms with E-state index >= 15 is 0 Å². The Morgan fingerprint density at radius 1 is 1.35 bits per heavy atom. The maximum absolute atomic E-state index is 10.7. The molecule has 1 saturated carbocycles. The highest BCUT2D eigenvalue weighted by molar-refractivity contribution is 9.10. The first-order valence-corrected chi connectivity index (χ1v) is 7.08. The van der Waals surface area contributed by atoms with Gasteiger partial charge in [-0.1, -0.05) is 20.8 Å². The predicted molar refractivity (Wildman–Crippen MR) is 71.7 cm³/mol. The van der Waals surface area contributed by atoms with Crippen LogP contribution in [0.25, 0.3) is 0 Å². The molecule has 0 unspecified atom stereocenters. The molecule has 0 saturated heterocycles. The van der Waals surface area contributed by atoms with Crippen LogP contribution in [0.4, 0.5) is 0 Å². The molecule has 3 heteroatoms. The lowest BCUT2D eigenvalue weighted by molar-refractivity contribution is -0.0460. The van der Waals surface area contributed by atoms with Gasteiger partial charge in [-0.15, -0.1) is 0 Å².